The van der Waals surface area contributed by atoms with Gasteiger partial charge in [-0.15, -0.1) is 0 Å². The first kappa shape index (κ1) is 14.8. The maximum absolute atomic E-state index is 12.7. The second kappa shape index (κ2) is 5.96. The van der Waals surface area contributed by atoms with Crippen molar-refractivity contribution in [1.29, 1.82) is 0 Å². The van der Waals surface area contributed by atoms with Gasteiger partial charge in [0.15, 0.2) is 0 Å². The van der Waals surface area contributed by atoms with Crippen molar-refractivity contribution in [2.24, 2.45) is 0 Å². The van der Waals surface area contributed by atoms with Crippen LogP contribution in [0.25, 0.3) is 0 Å². The number of carbonyl (C=O) groups excluding carboxylic acids is 1. The van der Waals surface area contributed by atoms with Crippen LogP contribution in [-0.2, 0) is 16.6 Å². The standard InChI is InChI=1S/C20H23NO/c1-3-16-9-11-17(12-10-16)15(2)21-19(22)20(13-14-20)18-7-5-4-6-8-18/h4-12,15H,3,13-14H2,1-2H3,(H,21,22). The molecule has 0 spiro atoms. The van der Waals surface area contributed by atoms with Crippen molar-refractivity contribution in [2.45, 2.75) is 44.6 Å². The Morgan fingerprint density at radius 1 is 1.09 bits per heavy atom. The molecule has 1 aliphatic carbocycles. The van der Waals surface area contributed by atoms with E-state index in [1.54, 1.807) is 0 Å². The van der Waals surface area contributed by atoms with E-state index in [1.807, 2.05) is 18.2 Å². The summed E-state index contributed by atoms with van der Waals surface area (Å²) in [6.45, 7) is 4.21. The molecule has 0 bridgehead atoms. The van der Waals surface area contributed by atoms with Crippen LogP contribution in [0.3, 0.4) is 0 Å². The molecule has 0 aromatic heterocycles. The molecule has 1 N–H and O–H groups in total. The van der Waals surface area contributed by atoms with Gasteiger partial charge in [-0.3, -0.25) is 4.79 Å². The molecule has 1 saturated carbocycles. The van der Waals surface area contributed by atoms with E-state index in [1.165, 1.54) is 5.56 Å². The van der Waals surface area contributed by atoms with Crippen LogP contribution in [0.1, 0.15) is 49.4 Å². The molecule has 3 rings (SSSR count). The molecular formula is C20H23NO. The van der Waals surface area contributed by atoms with Crippen LogP contribution in [0.2, 0.25) is 0 Å². The Morgan fingerprint density at radius 3 is 2.27 bits per heavy atom. The van der Waals surface area contributed by atoms with Gasteiger partial charge in [0, 0.05) is 0 Å². The highest BCUT2D eigenvalue weighted by atomic mass is 16.2. The van der Waals surface area contributed by atoms with E-state index in [2.05, 4.69) is 55.6 Å². The average molecular weight is 293 g/mol. The van der Waals surface area contributed by atoms with Crippen LogP contribution >= 0.6 is 0 Å². The number of amides is 1. The Kier molecular flexibility index (Phi) is 4.02. The van der Waals surface area contributed by atoms with Gasteiger partial charge in [0.05, 0.1) is 11.5 Å². The van der Waals surface area contributed by atoms with Gasteiger partial charge in [0.2, 0.25) is 5.91 Å². The summed E-state index contributed by atoms with van der Waals surface area (Å²) in [6.07, 6.45) is 2.94. The average Bonchev–Trinajstić information content (AvgIpc) is 3.37. The van der Waals surface area contributed by atoms with Crippen LogP contribution in [0, 0.1) is 0 Å². The zero-order valence-electron chi connectivity index (χ0n) is 13.3. The lowest BCUT2D eigenvalue weighted by Crippen LogP contribution is -2.36. The van der Waals surface area contributed by atoms with Gasteiger partial charge >= 0.3 is 0 Å². The van der Waals surface area contributed by atoms with Gasteiger partial charge < -0.3 is 5.32 Å². The van der Waals surface area contributed by atoms with Crippen molar-refractivity contribution in [2.75, 3.05) is 0 Å². The molecule has 2 aromatic rings. The lowest BCUT2D eigenvalue weighted by molar-refractivity contribution is -0.124. The van der Waals surface area contributed by atoms with Crippen molar-refractivity contribution in [3.05, 3.63) is 71.3 Å². The molecule has 0 heterocycles. The van der Waals surface area contributed by atoms with E-state index in [0.29, 0.717) is 0 Å². The molecular weight excluding hydrogens is 270 g/mol. The third kappa shape index (κ3) is 2.78. The highest BCUT2D eigenvalue weighted by Crippen LogP contribution is 2.48. The monoisotopic (exact) mass is 293 g/mol. The van der Waals surface area contributed by atoms with Gasteiger partial charge in [-0.05, 0) is 42.9 Å². The van der Waals surface area contributed by atoms with E-state index in [4.69, 9.17) is 0 Å². The fraction of sp³-hybridized carbons (Fsp3) is 0.350. The maximum Gasteiger partial charge on any atom is 0.231 e. The minimum Gasteiger partial charge on any atom is -0.349 e. The number of hydrogen-bond donors (Lipinski definition) is 1. The summed E-state index contributed by atoms with van der Waals surface area (Å²) in [7, 11) is 0. The maximum atomic E-state index is 12.7. The second-order valence-electron chi connectivity index (χ2n) is 6.24. The SMILES string of the molecule is CCc1ccc(C(C)NC(=O)C2(c3ccccc3)CC2)cc1. The lowest BCUT2D eigenvalue weighted by Gasteiger charge is -2.20. The smallest absolute Gasteiger partial charge is 0.231 e. The molecule has 1 unspecified atom stereocenters. The molecule has 1 amide bonds. The highest BCUT2D eigenvalue weighted by molar-refractivity contribution is 5.91. The Balaban J connectivity index is 1.71. The minimum absolute atomic E-state index is 0.0413. The first-order chi connectivity index (χ1) is 10.7. The number of aryl methyl sites for hydroxylation is 1. The Hall–Kier alpha value is -2.09. The van der Waals surface area contributed by atoms with E-state index in [-0.39, 0.29) is 17.4 Å². The fourth-order valence-corrected chi connectivity index (χ4v) is 2.99. The number of carbonyl (C=O) groups is 1. The normalized spacial score (nSPS) is 16.8. The molecule has 114 valence electrons. The molecule has 22 heavy (non-hydrogen) atoms. The summed E-state index contributed by atoms with van der Waals surface area (Å²) in [4.78, 5) is 12.7. The molecule has 2 aromatic carbocycles. The molecule has 2 nitrogen and oxygen atoms in total. The predicted octanol–water partition coefficient (Wildman–Crippen LogP) is 4.16. The zero-order valence-corrected chi connectivity index (χ0v) is 13.3. The summed E-state index contributed by atoms with van der Waals surface area (Å²) in [6, 6.07) is 18.7. The first-order valence-corrected chi connectivity index (χ1v) is 8.11. The van der Waals surface area contributed by atoms with Crippen molar-refractivity contribution < 1.29 is 4.79 Å². The fourth-order valence-electron chi connectivity index (χ4n) is 2.99. The van der Waals surface area contributed by atoms with Gasteiger partial charge in [-0.1, -0.05) is 61.5 Å². The Labute approximate surface area is 132 Å². The van der Waals surface area contributed by atoms with Crippen LogP contribution in [0.15, 0.2) is 54.6 Å². The van der Waals surface area contributed by atoms with E-state index >= 15 is 0 Å². The van der Waals surface area contributed by atoms with Crippen LogP contribution in [0.4, 0.5) is 0 Å². The molecule has 1 fully saturated rings. The third-order valence-corrected chi connectivity index (χ3v) is 4.75. The molecule has 1 aliphatic rings. The second-order valence-corrected chi connectivity index (χ2v) is 6.24. The minimum atomic E-state index is -0.293. The van der Waals surface area contributed by atoms with Gasteiger partial charge in [-0.2, -0.15) is 0 Å². The van der Waals surface area contributed by atoms with Crippen molar-refractivity contribution in [1.82, 2.24) is 5.32 Å². The van der Waals surface area contributed by atoms with Crippen LogP contribution in [0.5, 0.6) is 0 Å². The van der Waals surface area contributed by atoms with E-state index in [0.717, 1.165) is 30.4 Å². The molecule has 0 radical (unpaired) electrons. The zero-order chi connectivity index (χ0) is 15.6. The van der Waals surface area contributed by atoms with Gasteiger partial charge in [0.25, 0.3) is 0 Å². The quantitative estimate of drug-likeness (QED) is 0.881. The van der Waals surface area contributed by atoms with E-state index < -0.39 is 0 Å². The predicted molar refractivity (Wildman–Crippen MR) is 89.7 cm³/mol. The summed E-state index contributed by atoms with van der Waals surface area (Å²) >= 11 is 0. The number of rotatable bonds is 5. The largest absolute Gasteiger partial charge is 0.349 e. The number of hydrogen-bond acceptors (Lipinski definition) is 1. The first-order valence-electron chi connectivity index (χ1n) is 8.11. The van der Waals surface area contributed by atoms with Crippen molar-refractivity contribution >= 4 is 5.91 Å². The highest BCUT2D eigenvalue weighted by Gasteiger charge is 2.51. The number of benzene rings is 2. The molecule has 0 aliphatic heterocycles. The molecule has 0 saturated heterocycles. The summed E-state index contributed by atoms with van der Waals surface area (Å²) in [5.41, 5.74) is 3.33. The summed E-state index contributed by atoms with van der Waals surface area (Å²) in [5.74, 6) is 0.158. The summed E-state index contributed by atoms with van der Waals surface area (Å²) < 4.78 is 0. The Morgan fingerprint density at radius 2 is 1.73 bits per heavy atom. The lowest BCUT2D eigenvalue weighted by atomic mass is 9.94. The van der Waals surface area contributed by atoms with Crippen LogP contribution in [-0.4, -0.2) is 5.91 Å². The Bertz CT molecular complexity index is 641. The van der Waals surface area contributed by atoms with Crippen molar-refractivity contribution in [3.8, 4) is 0 Å². The molecule has 2 heteroatoms. The summed E-state index contributed by atoms with van der Waals surface area (Å²) in [5, 5.41) is 3.20. The topological polar surface area (TPSA) is 29.1 Å². The van der Waals surface area contributed by atoms with Gasteiger partial charge in [-0.25, -0.2) is 0 Å². The van der Waals surface area contributed by atoms with Crippen LogP contribution < -0.4 is 5.32 Å². The number of nitrogens with one attached hydrogen (secondary N) is 1. The molecule has 1 atom stereocenters. The van der Waals surface area contributed by atoms with Gasteiger partial charge in [0.1, 0.15) is 0 Å². The van der Waals surface area contributed by atoms with Crippen molar-refractivity contribution in [3.63, 3.8) is 0 Å². The third-order valence-electron chi connectivity index (χ3n) is 4.75. The van der Waals surface area contributed by atoms with E-state index in [9.17, 15) is 4.79 Å².